The van der Waals surface area contributed by atoms with Crippen molar-refractivity contribution in [1.82, 2.24) is 0 Å². The quantitative estimate of drug-likeness (QED) is 0.669. The number of rotatable bonds is 1. The zero-order chi connectivity index (χ0) is 7.56. The van der Waals surface area contributed by atoms with Gasteiger partial charge in [0.15, 0.2) is 0 Å². The Hall–Kier alpha value is -0.380. The normalized spacial score (nSPS) is 9.40. The number of halogens is 2. The predicted molar refractivity (Wildman–Crippen MR) is 47.1 cm³/mol. The van der Waals surface area contributed by atoms with Gasteiger partial charge in [-0.3, -0.25) is 0 Å². The lowest BCUT2D eigenvalue weighted by molar-refractivity contribution is 0.619. The highest BCUT2D eigenvalue weighted by Crippen LogP contribution is 2.11. The Kier molecular flexibility index (Phi) is 2.43. The van der Waals surface area contributed by atoms with E-state index in [9.17, 15) is 4.39 Å². The van der Waals surface area contributed by atoms with Crippen molar-refractivity contribution in [2.24, 2.45) is 0 Å². The molecule has 0 fully saturated rings. The Labute approximate surface area is 72.9 Å². The van der Waals surface area contributed by atoms with E-state index in [4.69, 9.17) is 0 Å². The number of hydrogen-bond acceptors (Lipinski definition) is 0. The molecule has 0 aliphatic heterocycles. The van der Waals surface area contributed by atoms with E-state index in [0.717, 1.165) is 0 Å². The molecule has 1 aromatic rings. The van der Waals surface area contributed by atoms with Crippen molar-refractivity contribution in [3.8, 4) is 0 Å². The highest BCUT2D eigenvalue weighted by atomic mass is 127. The fraction of sp³-hybridized carbons (Fsp3) is 0. The first-order valence-corrected chi connectivity index (χ1v) is 3.80. The van der Waals surface area contributed by atoms with Crippen LogP contribution in [0.5, 0.6) is 0 Å². The van der Waals surface area contributed by atoms with Crippen LogP contribution in [0, 0.1) is 15.5 Å². The second-order valence-corrected chi connectivity index (χ2v) is 2.97. The van der Waals surface area contributed by atoms with Crippen LogP contribution in [-0.4, -0.2) is 0 Å². The van der Waals surface area contributed by atoms with Crippen molar-refractivity contribution in [2.45, 2.75) is 0 Å². The molecule has 51 valence electrons. The summed E-state index contributed by atoms with van der Waals surface area (Å²) in [4.78, 5) is 0. The summed E-state index contributed by atoms with van der Waals surface area (Å²) in [5.41, 5.74) is 0.693. The number of benzene rings is 1. The van der Waals surface area contributed by atoms with Gasteiger partial charge in [-0.2, -0.15) is 0 Å². The molecule has 0 N–H and O–H groups in total. The predicted octanol–water partition coefficient (Wildman–Crippen LogP) is 2.77. The van der Waals surface area contributed by atoms with Crippen molar-refractivity contribution in [3.05, 3.63) is 45.8 Å². The summed E-state index contributed by atoms with van der Waals surface area (Å²) in [6.07, 6.45) is 2.60. The van der Waals surface area contributed by atoms with E-state index in [-0.39, 0.29) is 5.82 Å². The fourth-order valence-electron chi connectivity index (χ4n) is 0.606. The smallest absolute Gasteiger partial charge is 0.137 e. The number of hydrogen-bond donors (Lipinski definition) is 0. The Balaban J connectivity index is 3.16. The lowest BCUT2D eigenvalue weighted by Gasteiger charge is -1.94. The van der Waals surface area contributed by atoms with Gasteiger partial charge in [-0.1, -0.05) is 12.6 Å². The molecule has 0 aromatic heterocycles. The molecule has 0 unspecified atom stereocenters. The van der Waals surface area contributed by atoms with E-state index in [1.54, 1.807) is 12.1 Å². The van der Waals surface area contributed by atoms with E-state index < -0.39 is 0 Å². The van der Waals surface area contributed by atoms with E-state index in [2.05, 4.69) is 12.7 Å². The third kappa shape index (κ3) is 1.56. The highest BCUT2D eigenvalue weighted by molar-refractivity contribution is 14.1. The first kappa shape index (κ1) is 7.72. The summed E-state index contributed by atoms with van der Waals surface area (Å²) in [5.74, 6) is -0.214. The molecule has 2 heteroatoms. The van der Waals surface area contributed by atoms with E-state index in [1.165, 1.54) is 6.07 Å². The molecule has 0 aliphatic rings. The Morgan fingerprint density at radius 2 is 2.20 bits per heavy atom. The molecule has 1 radical (unpaired) electrons. The van der Waals surface area contributed by atoms with Crippen LogP contribution in [-0.2, 0) is 0 Å². The topological polar surface area (TPSA) is 0 Å². The maximum Gasteiger partial charge on any atom is 0.137 e. The maximum atomic E-state index is 12.7. The third-order valence-corrected chi connectivity index (χ3v) is 2.00. The summed E-state index contributed by atoms with van der Waals surface area (Å²) >= 11 is 1.93. The minimum Gasteiger partial charge on any atom is -0.206 e. The Morgan fingerprint density at radius 3 is 2.70 bits per heavy atom. The lowest BCUT2D eigenvalue weighted by Crippen LogP contribution is -1.81. The molecule has 1 aromatic carbocycles. The van der Waals surface area contributed by atoms with Crippen molar-refractivity contribution in [3.63, 3.8) is 0 Å². The second kappa shape index (κ2) is 3.14. The average Bonchev–Trinajstić information content (AvgIpc) is 1.95. The zero-order valence-electron chi connectivity index (χ0n) is 5.20. The molecule has 0 heterocycles. The fourth-order valence-corrected chi connectivity index (χ4v) is 0.942. The lowest BCUT2D eigenvalue weighted by atomic mass is 10.2. The van der Waals surface area contributed by atoms with Gasteiger partial charge in [0.05, 0.1) is 0 Å². The third-order valence-electron chi connectivity index (χ3n) is 1.12. The maximum absolute atomic E-state index is 12.7. The van der Waals surface area contributed by atoms with Crippen molar-refractivity contribution in [1.29, 1.82) is 0 Å². The molecular weight excluding hydrogens is 242 g/mol. The minimum atomic E-state index is -0.214. The van der Waals surface area contributed by atoms with Crippen LogP contribution in [0.3, 0.4) is 0 Å². The van der Waals surface area contributed by atoms with Gasteiger partial charge in [0.1, 0.15) is 5.82 Å². The molecule has 0 saturated carbocycles. The van der Waals surface area contributed by atoms with Crippen LogP contribution < -0.4 is 0 Å². The van der Waals surface area contributed by atoms with Gasteiger partial charge in [-0.25, -0.2) is 4.39 Å². The van der Waals surface area contributed by atoms with E-state index in [0.29, 0.717) is 9.13 Å². The van der Waals surface area contributed by atoms with Crippen LogP contribution >= 0.6 is 22.6 Å². The first-order chi connectivity index (χ1) is 4.74. The molecule has 0 atom stereocenters. The van der Waals surface area contributed by atoms with Gasteiger partial charge in [0.25, 0.3) is 0 Å². The molecule has 1 rings (SSSR count). The van der Waals surface area contributed by atoms with Crippen molar-refractivity contribution < 1.29 is 4.39 Å². The summed E-state index contributed by atoms with van der Waals surface area (Å²) in [7, 11) is 0. The van der Waals surface area contributed by atoms with Crippen LogP contribution in [0.15, 0.2) is 24.8 Å². The Bertz CT molecular complexity index is 255. The zero-order valence-corrected chi connectivity index (χ0v) is 7.35. The van der Waals surface area contributed by atoms with Gasteiger partial charge >= 0.3 is 0 Å². The molecule has 0 bridgehead atoms. The van der Waals surface area contributed by atoms with Crippen LogP contribution in [0.1, 0.15) is 5.56 Å². The van der Waals surface area contributed by atoms with Gasteiger partial charge in [0, 0.05) is 3.57 Å². The van der Waals surface area contributed by atoms with Crippen LogP contribution in [0.2, 0.25) is 0 Å². The monoisotopic (exact) mass is 247 g/mol. The molecule has 0 spiro atoms. The molecule has 0 aliphatic carbocycles. The molecule has 0 amide bonds. The van der Waals surface area contributed by atoms with Gasteiger partial charge < -0.3 is 0 Å². The molecule has 10 heavy (non-hydrogen) atoms. The van der Waals surface area contributed by atoms with E-state index in [1.807, 2.05) is 22.6 Å². The minimum absolute atomic E-state index is 0.214. The Morgan fingerprint density at radius 1 is 1.50 bits per heavy atom. The van der Waals surface area contributed by atoms with E-state index >= 15 is 0 Å². The van der Waals surface area contributed by atoms with Crippen LogP contribution in [0.4, 0.5) is 4.39 Å². The molecular formula is C8H5FI. The summed E-state index contributed by atoms with van der Waals surface area (Å²) in [5, 5.41) is 0. The second-order valence-electron chi connectivity index (χ2n) is 1.81. The highest BCUT2D eigenvalue weighted by Gasteiger charge is 1.96. The average molecular weight is 247 g/mol. The first-order valence-electron chi connectivity index (χ1n) is 2.72. The summed E-state index contributed by atoms with van der Waals surface area (Å²) in [6, 6.07) is 4.88. The van der Waals surface area contributed by atoms with Gasteiger partial charge in [-0.15, -0.1) is 0 Å². The molecule has 0 saturated heterocycles. The van der Waals surface area contributed by atoms with Gasteiger partial charge in [0.2, 0.25) is 0 Å². The van der Waals surface area contributed by atoms with Crippen LogP contribution in [0.25, 0.3) is 0 Å². The van der Waals surface area contributed by atoms with Crippen molar-refractivity contribution in [2.75, 3.05) is 0 Å². The van der Waals surface area contributed by atoms with Gasteiger partial charge in [-0.05, 0) is 46.4 Å². The summed E-state index contributed by atoms with van der Waals surface area (Å²) in [6.45, 7) is 3.41. The largest absolute Gasteiger partial charge is 0.206 e. The van der Waals surface area contributed by atoms with Crippen molar-refractivity contribution >= 4 is 22.6 Å². The standard InChI is InChI=1S/C8H5FI/c1-2-6-3-4-8(10)7(9)5-6/h3-5H,1H2. The summed E-state index contributed by atoms with van der Waals surface area (Å²) < 4.78 is 13.3. The SMILES string of the molecule is C=[C]c1ccc(I)c(F)c1. The molecule has 0 nitrogen and oxygen atoms in total.